The highest BCUT2D eigenvalue weighted by molar-refractivity contribution is 8.03. The molecule has 0 spiro atoms. The summed E-state index contributed by atoms with van der Waals surface area (Å²) in [6, 6.07) is 14.1. The van der Waals surface area contributed by atoms with Crippen LogP contribution >= 0.6 is 23.4 Å². The SMILES string of the molecule is CC(C)Oc1ccccc1/C=C(\Sc1nnc(-c2ccc(Cl)cc2)o1)C(=O)O. The van der Waals surface area contributed by atoms with Crippen molar-refractivity contribution >= 4 is 35.4 Å². The summed E-state index contributed by atoms with van der Waals surface area (Å²) in [6.45, 7) is 3.81. The van der Waals surface area contributed by atoms with E-state index in [-0.39, 0.29) is 22.1 Å². The second-order valence-electron chi connectivity index (χ2n) is 6.00. The normalized spacial score (nSPS) is 11.6. The number of halogens is 1. The van der Waals surface area contributed by atoms with Gasteiger partial charge in [0.2, 0.25) is 5.89 Å². The molecule has 0 radical (unpaired) electrons. The number of nitrogens with zero attached hydrogens (tertiary/aromatic N) is 2. The number of carboxylic acids is 1. The maximum atomic E-state index is 11.7. The summed E-state index contributed by atoms with van der Waals surface area (Å²) in [5.74, 6) is -0.215. The molecule has 0 aliphatic carbocycles. The zero-order valence-electron chi connectivity index (χ0n) is 15.1. The number of rotatable bonds is 7. The third-order valence-corrected chi connectivity index (χ3v) is 4.58. The minimum Gasteiger partial charge on any atom is -0.490 e. The summed E-state index contributed by atoms with van der Waals surface area (Å²) in [5, 5.41) is 18.2. The minimum absolute atomic E-state index is 0.0334. The van der Waals surface area contributed by atoms with Crippen molar-refractivity contribution in [3.63, 3.8) is 0 Å². The van der Waals surface area contributed by atoms with Crippen molar-refractivity contribution in [2.45, 2.75) is 25.2 Å². The zero-order chi connectivity index (χ0) is 20.1. The number of carboxylic acid groups (broad SMARTS) is 1. The van der Waals surface area contributed by atoms with Gasteiger partial charge in [0.15, 0.2) is 0 Å². The third kappa shape index (κ3) is 5.15. The van der Waals surface area contributed by atoms with E-state index in [0.29, 0.717) is 21.9 Å². The molecule has 0 saturated heterocycles. The second kappa shape index (κ2) is 8.95. The number of aliphatic carboxylic acids is 1. The standard InChI is InChI=1S/C20H17ClN2O4S/c1-12(2)26-16-6-4-3-5-14(16)11-17(19(24)25)28-20-23-22-18(27-20)13-7-9-15(21)10-8-13/h3-12H,1-2H3,(H,24,25)/b17-11-. The van der Waals surface area contributed by atoms with Gasteiger partial charge in [-0.25, -0.2) is 4.79 Å². The molecule has 1 N–H and O–H groups in total. The zero-order valence-corrected chi connectivity index (χ0v) is 16.7. The maximum absolute atomic E-state index is 11.7. The molecule has 0 amide bonds. The summed E-state index contributed by atoms with van der Waals surface area (Å²) >= 11 is 6.75. The highest BCUT2D eigenvalue weighted by atomic mass is 35.5. The highest BCUT2D eigenvalue weighted by Crippen LogP contribution is 2.32. The summed E-state index contributed by atoms with van der Waals surface area (Å²) in [5.41, 5.74) is 1.35. The van der Waals surface area contributed by atoms with Crippen LogP contribution in [0.1, 0.15) is 19.4 Å². The molecule has 3 aromatic rings. The van der Waals surface area contributed by atoms with E-state index in [1.54, 1.807) is 36.4 Å². The molecule has 144 valence electrons. The van der Waals surface area contributed by atoms with E-state index >= 15 is 0 Å². The van der Waals surface area contributed by atoms with Crippen LogP contribution in [-0.4, -0.2) is 27.4 Å². The van der Waals surface area contributed by atoms with Crippen molar-refractivity contribution in [1.82, 2.24) is 10.2 Å². The predicted octanol–water partition coefficient (Wildman–Crippen LogP) is 5.40. The van der Waals surface area contributed by atoms with E-state index in [4.69, 9.17) is 20.8 Å². The van der Waals surface area contributed by atoms with Crippen molar-refractivity contribution in [2.24, 2.45) is 0 Å². The average Bonchev–Trinajstić information content (AvgIpc) is 3.11. The van der Waals surface area contributed by atoms with Gasteiger partial charge in [-0.05, 0) is 62.0 Å². The van der Waals surface area contributed by atoms with Gasteiger partial charge in [0.25, 0.3) is 5.22 Å². The first-order valence-electron chi connectivity index (χ1n) is 8.40. The number of benzene rings is 2. The number of aromatic nitrogens is 2. The number of hydrogen-bond donors (Lipinski definition) is 1. The lowest BCUT2D eigenvalue weighted by Crippen LogP contribution is -2.06. The Morgan fingerprint density at radius 1 is 1.18 bits per heavy atom. The molecule has 3 rings (SSSR count). The predicted molar refractivity (Wildman–Crippen MR) is 108 cm³/mol. The molecular weight excluding hydrogens is 400 g/mol. The third-order valence-electron chi connectivity index (χ3n) is 3.47. The van der Waals surface area contributed by atoms with Crippen LogP contribution in [0.25, 0.3) is 17.5 Å². The molecule has 2 aromatic carbocycles. The van der Waals surface area contributed by atoms with Crippen molar-refractivity contribution in [2.75, 3.05) is 0 Å². The molecule has 0 saturated carbocycles. The molecule has 6 nitrogen and oxygen atoms in total. The lowest BCUT2D eigenvalue weighted by molar-refractivity contribution is -0.131. The first-order valence-corrected chi connectivity index (χ1v) is 9.60. The van der Waals surface area contributed by atoms with Crippen LogP contribution in [0.3, 0.4) is 0 Å². The number of ether oxygens (including phenoxy) is 1. The highest BCUT2D eigenvalue weighted by Gasteiger charge is 2.17. The van der Waals surface area contributed by atoms with Crippen molar-refractivity contribution in [3.8, 4) is 17.2 Å². The Balaban J connectivity index is 1.86. The Morgan fingerprint density at radius 2 is 1.89 bits per heavy atom. The molecule has 0 fully saturated rings. The molecule has 0 aliphatic rings. The number of thioether (sulfide) groups is 1. The Morgan fingerprint density at radius 3 is 2.57 bits per heavy atom. The second-order valence-corrected chi connectivity index (χ2v) is 7.43. The molecule has 0 atom stereocenters. The monoisotopic (exact) mass is 416 g/mol. The lowest BCUT2D eigenvalue weighted by atomic mass is 10.2. The van der Waals surface area contributed by atoms with Gasteiger partial charge in [0.1, 0.15) is 10.7 Å². The maximum Gasteiger partial charge on any atom is 0.342 e. The molecule has 1 aromatic heterocycles. The van der Waals surface area contributed by atoms with Gasteiger partial charge in [0, 0.05) is 16.1 Å². The topological polar surface area (TPSA) is 85.5 Å². The van der Waals surface area contributed by atoms with Crippen molar-refractivity contribution < 1.29 is 19.1 Å². The molecule has 0 bridgehead atoms. The van der Waals surface area contributed by atoms with E-state index in [2.05, 4.69) is 10.2 Å². The van der Waals surface area contributed by atoms with Crippen LogP contribution < -0.4 is 4.74 Å². The first kappa shape index (κ1) is 20.0. The fraction of sp³-hybridized carbons (Fsp3) is 0.150. The van der Waals surface area contributed by atoms with Crippen LogP contribution in [-0.2, 0) is 4.79 Å². The largest absolute Gasteiger partial charge is 0.490 e. The van der Waals surface area contributed by atoms with Gasteiger partial charge in [0.05, 0.1) is 6.10 Å². The first-order chi connectivity index (χ1) is 13.4. The average molecular weight is 417 g/mol. The Bertz CT molecular complexity index is 999. The van der Waals surface area contributed by atoms with Crippen LogP contribution in [0.15, 0.2) is 63.1 Å². The van der Waals surface area contributed by atoms with Gasteiger partial charge in [-0.15, -0.1) is 10.2 Å². The molecule has 0 aliphatic heterocycles. The van der Waals surface area contributed by atoms with E-state index in [9.17, 15) is 9.90 Å². The fourth-order valence-corrected chi connectivity index (χ4v) is 3.08. The van der Waals surface area contributed by atoms with Crippen molar-refractivity contribution in [3.05, 3.63) is 64.0 Å². The Hall–Kier alpha value is -2.77. The van der Waals surface area contributed by atoms with Gasteiger partial charge < -0.3 is 14.3 Å². The van der Waals surface area contributed by atoms with E-state index in [1.165, 1.54) is 6.08 Å². The van der Waals surface area contributed by atoms with Gasteiger partial charge in [-0.1, -0.05) is 29.8 Å². The molecule has 0 unspecified atom stereocenters. The van der Waals surface area contributed by atoms with Crippen LogP contribution in [0, 0.1) is 0 Å². The Kier molecular flexibility index (Phi) is 6.38. The number of carbonyl (C=O) groups is 1. The van der Waals surface area contributed by atoms with Gasteiger partial charge in [-0.3, -0.25) is 0 Å². The molecule has 28 heavy (non-hydrogen) atoms. The molecule has 8 heteroatoms. The van der Waals surface area contributed by atoms with Gasteiger partial charge >= 0.3 is 5.97 Å². The van der Waals surface area contributed by atoms with Crippen LogP contribution in [0.4, 0.5) is 0 Å². The van der Waals surface area contributed by atoms with Crippen molar-refractivity contribution in [1.29, 1.82) is 0 Å². The summed E-state index contributed by atoms with van der Waals surface area (Å²) in [6.07, 6.45) is 1.49. The van der Waals surface area contributed by atoms with E-state index in [0.717, 1.165) is 11.8 Å². The molecular formula is C20H17ClN2O4S. The quantitative estimate of drug-likeness (QED) is 0.408. The van der Waals surface area contributed by atoms with Crippen LogP contribution in [0.2, 0.25) is 5.02 Å². The smallest absolute Gasteiger partial charge is 0.342 e. The van der Waals surface area contributed by atoms with E-state index < -0.39 is 5.97 Å². The van der Waals surface area contributed by atoms with Crippen LogP contribution in [0.5, 0.6) is 5.75 Å². The fourth-order valence-electron chi connectivity index (χ4n) is 2.29. The number of hydrogen-bond acceptors (Lipinski definition) is 6. The lowest BCUT2D eigenvalue weighted by Gasteiger charge is -2.12. The Labute approximate surface area is 171 Å². The number of para-hydroxylation sites is 1. The molecule has 1 heterocycles. The van der Waals surface area contributed by atoms with Gasteiger partial charge in [-0.2, -0.15) is 0 Å². The summed E-state index contributed by atoms with van der Waals surface area (Å²) < 4.78 is 11.3. The summed E-state index contributed by atoms with van der Waals surface area (Å²) in [4.78, 5) is 11.8. The minimum atomic E-state index is -1.10. The van der Waals surface area contributed by atoms with E-state index in [1.807, 2.05) is 26.0 Å². The summed E-state index contributed by atoms with van der Waals surface area (Å²) in [7, 11) is 0.